The SMILES string of the molecule is CNc1nc(N[C@@H]2CCN(CCOC)C[C@@H]2F)nn2ccc(-c3ccc4nccn4n3)c12. The van der Waals surface area contributed by atoms with Crippen LogP contribution in [0.3, 0.4) is 0 Å². The Morgan fingerprint density at radius 2 is 2.09 bits per heavy atom. The third kappa shape index (κ3) is 3.84. The number of nitrogens with zero attached hydrogens (tertiary/aromatic N) is 7. The topological polar surface area (TPSA) is 96.9 Å². The predicted molar refractivity (Wildman–Crippen MR) is 120 cm³/mol. The zero-order valence-corrected chi connectivity index (χ0v) is 18.1. The van der Waals surface area contributed by atoms with Gasteiger partial charge < -0.3 is 15.4 Å². The molecule has 0 bridgehead atoms. The number of alkyl halides is 1. The molecule has 0 unspecified atom stereocenters. The molecule has 5 heterocycles. The van der Waals surface area contributed by atoms with E-state index in [9.17, 15) is 4.39 Å². The fraction of sp³-hybridized carbons (Fsp3) is 0.429. The van der Waals surface area contributed by atoms with Crippen LogP contribution in [0.5, 0.6) is 0 Å². The van der Waals surface area contributed by atoms with Gasteiger partial charge in [0.05, 0.1) is 18.3 Å². The fourth-order valence-corrected chi connectivity index (χ4v) is 4.15. The first kappa shape index (κ1) is 20.6. The van der Waals surface area contributed by atoms with Crippen LogP contribution in [0.1, 0.15) is 6.42 Å². The number of fused-ring (bicyclic) bond motifs is 2. The van der Waals surface area contributed by atoms with Crippen molar-refractivity contribution in [2.75, 3.05) is 51.0 Å². The van der Waals surface area contributed by atoms with Crippen LogP contribution in [0.4, 0.5) is 16.2 Å². The normalized spacial score (nSPS) is 19.6. The molecular weight excluding hydrogens is 413 g/mol. The summed E-state index contributed by atoms with van der Waals surface area (Å²) in [4.78, 5) is 10.9. The molecule has 0 spiro atoms. The number of imidazole rings is 1. The van der Waals surface area contributed by atoms with Crippen molar-refractivity contribution in [3.05, 3.63) is 36.8 Å². The lowest BCUT2D eigenvalue weighted by molar-refractivity contribution is 0.0918. The Kier molecular flexibility index (Phi) is 5.58. The summed E-state index contributed by atoms with van der Waals surface area (Å²) in [5.74, 6) is 1.03. The Bertz CT molecular complexity index is 1220. The Balaban J connectivity index is 1.40. The molecule has 5 rings (SSSR count). The molecule has 10 nitrogen and oxygen atoms in total. The number of methoxy groups -OCH3 is 1. The molecule has 1 saturated heterocycles. The van der Waals surface area contributed by atoms with E-state index < -0.39 is 6.17 Å². The van der Waals surface area contributed by atoms with E-state index in [0.29, 0.717) is 31.3 Å². The van der Waals surface area contributed by atoms with Crippen LogP contribution in [-0.2, 0) is 4.74 Å². The van der Waals surface area contributed by atoms with Gasteiger partial charge in [-0.15, -0.1) is 5.10 Å². The molecule has 2 N–H and O–H groups in total. The predicted octanol–water partition coefficient (Wildman–Crippen LogP) is 1.95. The quantitative estimate of drug-likeness (QED) is 0.451. The van der Waals surface area contributed by atoms with Crippen molar-refractivity contribution in [1.29, 1.82) is 0 Å². The van der Waals surface area contributed by atoms with Gasteiger partial charge >= 0.3 is 0 Å². The minimum Gasteiger partial charge on any atom is -0.383 e. The molecule has 11 heteroatoms. The lowest BCUT2D eigenvalue weighted by Gasteiger charge is -2.34. The number of halogens is 1. The van der Waals surface area contributed by atoms with E-state index in [1.807, 2.05) is 37.6 Å². The highest BCUT2D eigenvalue weighted by atomic mass is 19.1. The summed E-state index contributed by atoms with van der Waals surface area (Å²) in [6.07, 6.45) is 5.04. The molecule has 2 atom stereocenters. The van der Waals surface area contributed by atoms with Crippen molar-refractivity contribution in [2.45, 2.75) is 18.6 Å². The molecule has 1 aliphatic heterocycles. The highest BCUT2D eigenvalue weighted by Crippen LogP contribution is 2.29. The molecule has 0 aliphatic carbocycles. The average Bonchev–Trinajstić information content (AvgIpc) is 3.45. The highest BCUT2D eigenvalue weighted by Gasteiger charge is 2.30. The van der Waals surface area contributed by atoms with Gasteiger partial charge in [0.25, 0.3) is 0 Å². The van der Waals surface area contributed by atoms with Gasteiger partial charge in [0, 0.05) is 57.9 Å². The molecule has 32 heavy (non-hydrogen) atoms. The number of anilines is 2. The average molecular weight is 439 g/mol. The number of nitrogens with one attached hydrogen (secondary N) is 2. The summed E-state index contributed by atoms with van der Waals surface area (Å²) in [5, 5.41) is 15.6. The summed E-state index contributed by atoms with van der Waals surface area (Å²) in [7, 11) is 3.47. The van der Waals surface area contributed by atoms with Crippen LogP contribution in [0.2, 0.25) is 0 Å². The van der Waals surface area contributed by atoms with E-state index in [1.54, 1.807) is 22.3 Å². The summed E-state index contributed by atoms with van der Waals surface area (Å²) in [5.41, 5.74) is 3.26. The first-order valence-electron chi connectivity index (χ1n) is 10.7. The molecule has 1 fully saturated rings. The first-order valence-corrected chi connectivity index (χ1v) is 10.7. The number of ether oxygens (including phenoxy) is 1. The van der Waals surface area contributed by atoms with Crippen molar-refractivity contribution < 1.29 is 9.13 Å². The Labute approximate surface area is 184 Å². The van der Waals surface area contributed by atoms with Gasteiger partial charge in [-0.3, -0.25) is 4.90 Å². The molecule has 1 aliphatic rings. The second kappa shape index (κ2) is 8.67. The summed E-state index contributed by atoms with van der Waals surface area (Å²) in [6.45, 7) is 2.52. The van der Waals surface area contributed by atoms with Crippen molar-refractivity contribution in [1.82, 2.24) is 34.1 Å². The van der Waals surface area contributed by atoms with Crippen molar-refractivity contribution in [2.24, 2.45) is 0 Å². The zero-order chi connectivity index (χ0) is 22.1. The summed E-state index contributed by atoms with van der Waals surface area (Å²) >= 11 is 0. The fourth-order valence-electron chi connectivity index (χ4n) is 4.15. The van der Waals surface area contributed by atoms with Crippen LogP contribution >= 0.6 is 0 Å². The minimum absolute atomic E-state index is 0.337. The number of hydrogen-bond acceptors (Lipinski definition) is 8. The number of hydrogen-bond donors (Lipinski definition) is 2. The third-order valence-corrected chi connectivity index (χ3v) is 5.83. The molecule has 0 amide bonds. The molecule has 4 aromatic heterocycles. The number of rotatable bonds is 7. The smallest absolute Gasteiger partial charge is 0.243 e. The maximum absolute atomic E-state index is 14.8. The van der Waals surface area contributed by atoms with Crippen LogP contribution in [0, 0.1) is 0 Å². The Morgan fingerprint density at radius 1 is 1.19 bits per heavy atom. The summed E-state index contributed by atoms with van der Waals surface area (Å²) < 4.78 is 23.4. The molecule has 0 aromatic carbocycles. The molecule has 0 radical (unpaired) electrons. The van der Waals surface area contributed by atoms with E-state index in [2.05, 4.69) is 35.7 Å². The lowest BCUT2D eigenvalue weighted by atomic mass is 10.0. The van der Waals surface area contributed by atoms with Gasteiger partial charge in [-0.2, -0.15) is 10.1 Å². The van der Waals surface area contributed by atoms with Crippen molar-refractivity contribution in [3.63, 3.8) is 0 Å². The van der Waals surface area contributed by atoms with E-state index >= 15 is 0 Å². The third-order valence-electron chi connectivity index (χ3n) is 5.83. The first-order chi connectivity index (χ1) is 15.7. The monoisotopic (exact) mass is 439 g/mol. The largest absolute Gasteiger partial charge is 0.383 e. The Hall–Kier alpha value is -3.31. The maximum Gasteiger partial charge on any atom is 0.243 e. The lowest BCUT2D eigenvalue weighted by Crippen LogP contribution is -2.48. The number of piperidine rings is 1. The standard InChI is InChI=1S/C21H26FN9O/c1-23-20-19-14(16-3-4-18-24-7-10-30(18)27-16)5-9-31(19)28-21(26-20)25-17-6-8-29(11-12-32-2)13-15(17)22/h3-5,7,9-10,15,17H,6,8,11-13H2,1-2H3,(H2,23,25,26,28)/t15-,17+/m0/s1. The highest BCUT2D eigenvalue weighted by molar-refractivity contribution is 5.87. The van der Waals surface area contributed by atoms with Crippen molar-refractivity contribution >= 4 is 22.9 Å². The van der Waals surface area contributed by atoms with Crippen LogP contribution < -0.4 is 10.6 Å². The second-order valence-electron chi connectivity index (χ2n) is 7.85. The van der Waals surface area contributed by atoms with Crippen LogP contribution in [0.25, 0.3) is 22.4 Å². The van der Waals surface area contributed by atoms with Gasteiger partial charge in [-0.05, 0) is 24.6 Å². The van der Waals surface area contributed by atoms with E-state index in [0.717, 1.165) is 35.5 Å². The van der Waals surface area contributed by atoms with Crippen LogP contribution in [-0.4, -0.2) is 86.7 Å². The van der Waals surface area contributed by atoms with E-state index in [-0.39, 0.29) is 6.04 Å². The Morgan fingerprint density at radius 3 is 2.91 bits per heavy atom. The molecular formula is C21H26FN9O. The zero-order valence-electron chi connectivity index (χ0n) is 18.1. The van der Waals surface area contributed by atoms with E-state index in [4.69, 9.17) is 4.74 Å². The number of likely N-dealkylation sites (tertiary alicyclic amines) is 1. The molecule has 4 aromatic rings. The van der Waals surface area contributed by atoms with Crippen molar-refractivity contribution in [3.8, 4) is 11.3 Å². The second-order valence-corrected chi connectivity index (χ2v) is 7.85. The minimum atomic E-state index is -1.01. The van der Waals surface area contributed by atoms with Gasteiger partial charge in [0.1, 0.15) is 11.7 Å². The van der Waals surface area contributed by atoms with E-state index in [1.165, 1.54) is 0 Å². The molecule has 0 saturated carbocycles. The number of aromatic nitrogens is 6. The van der Waals surface area contributed by atoms with Crippen LogP contribution in [0.15, 0.2) is 36.8 Å². The summed E-state index contributed by atoms with van der Waals surface area (Å²) in [6, 6.07) is 5.46. The molecule has 168 valence electrons. The van der Waals surface area contributed by atoms with Gasteiger partial charge in [-0.25, -0.2) is 18.4 Å². The van der Waals surface area contributed by atoms with Gasteiger partial charge in [0.2, 0.25) is 5.95 Å². The van der Waals surface area contributed by atoms with Gasteiger partial charge in [0.15, 0.2) is 11.5 Å². The maximum atomic E-state index is 14.8. The van der Waals surface area contributed by atoms with Gasteiger partial charge in [-0.1, -0.05) is 0 Å².